The molecule has 0 bridgehead atoms. The lowest BCUT2D eigenvalue weighted by Gasteiger charge is -2.35. The van der Waals surface area contributed by atoms with Gasteiger partial charge >= 0.3 is 0 Å². The van der Waals surface area contributed by atoms with Crippen molar-refractivity contribution >= 4 is 11.7 Å². The lowest BCUT2D eigenvalue weighted by Crippen LogP contribution is -2.48. The third kappa shape index (κ3) is 3.83. The third-order valence-electron chi connectivity index (χ3n) is 4.81. The molecule has 1 amide bonds. The Hall–Kier alpha value is -1.62. The normalized spacial score (nSPS) is 26.4. The van der Waals surface area contributed by atoms with Crippen molar-refractivity contribution in [2.75, 3.05) is 31.1 Å². The van der Waals surface area contributed by atoms with Crippen LogP contribution in [0, 0.1) is 5.92 Å². The summed E-state index contributed by atoms with van der Waals surface area (Å²) in [6.45, 7) is 9.73. The van der Waals surface area contributed by atoms with E-state index in [1.807, 2.05) is 30.9 Å². The lowest BCUT2D eigenvalue weighted by atomic mass is 9.99. The maximum atomic E-state index is 12.6. The van der Waals surface area contributed by atoms with Crippen molar-refractivity contribution < 1.29 is 9.53 Å². The molecule has 2 saturated heterocycles. The molecule has 1 aromatic rings. The monoisotopic (exact) mass is 317 g/mol. The van der Waals surface area contributed by atoms with Gasteiger partial charge in [-0.1, -0.05) is 6.92 Å². The van der Waals surface area contributed by atoms with Crippen molar-refractivity contribution in [1.29, 1.82) is 0 Å². The quantitative estimate of drug-likeness (QED) is 0.841. The highest BCUT2D eigenvalue weighted by Crippen LogP contribution is 2.22. The first-order valence-corrected chi connectivity index (χ1v) is 8.68. The van der Waals surface area contributed by atoms with Gasteiger partial charge in [0.1, 0.15) is 5.82 Å². The highest BCUT2D eigenvalue weighted by Gasteiger charge is 2.27. The smallest absolute Gasteiger partial charge is 0.255 e. The van der Waals surface area contributed by atoms with E-state index in [0.717, 1.165) is 24.8 Å². The number of piperidine rings is 1. The van der Waals surface area contributed by atoms with E-state index in [1.54, 1.807) is 6.20 Å². The summed E-state index contributed by atoms with van der Waals surface area (Å²) in [7, 11) is 0. The minimum absolute atomic E-state index is 0.0540. The van der Waals surface area contributed by atoms with Crippen LogP contribution >= 0.6 is 0 Å². The molecule has 1 aromatic heterocycles. The van der Waals surface area contributed by atoms with Crippen LogP contribution in [0.2, 0.25) is 0 Å². The van der Waals surface area contributed by atoms with Crippen molar-refractivity contribution in [2.45, 2.75) is 45.8 Å². The van der Waals surface area contributed by atoms with Crippen LogP contribution in [0.4, 0.5) is 5.82 Å². The number of rotatable bonds is 2. The van der Waals surface area contributed by atoms with Crippen LogP contribution in [0.3, 0.4) is 0 Å². The fraction of sp³-hybridized carbons (Fsp3) is 0.667. The van der Waals surface area contributed by atoms with Gasteiger partial charge in [-0.3, -0.25) is 4.79 Å². The van der Waals surface area contributed by atoms with Gasteiger partial charge in [0.2, 0.25) is 0 Å². The molecule has 3 heterocycles. The van der Waals surface area contributed by atoms with Gasteiger partial charge < -0.3 is 14.5 Å². The van der Waals surface area contributed by atoms with Crippen molar-refractivity contribution in [1.82, 2.24) is 9.88 Å². The summed E-state index contributed by atoms with van der Waals surface area (Å²) < 4.78 is 5.69. The van der Waals surface area contributed by atoms with Gasteiger partial charge in [0, 0.05) is 32.4 Å². The Balaban J connectivity index is 1.65. The molecule has 0 spiro atoms. The van der Waals surface area contributed by atoms with Gasteiger partial charge in [0.05, 0.1) is 17.8 Å². The maximum absolute atomic E-state index is 12.6. The summed E-state index contributed by atoms with van der Waals surface area (Å²) in [6.07, 6.45) is 4.33. The highest BCUT2D eigenvalue weighted by atomic mass is 16.5. The lowest BCUT2D eigenvalue weighted by molar-refractivity contribution is -0.0586. The van der Waals surface area contributed by atoms with E-state index in [1.165, 1.54) is 12.8 Å². The molecule has 0 N–H and O–H groups in total. The van der Waals surface area contributed by atoms with E-state index in [9.17, 15) is 4.79 Å². The van der Waals surface area contributed by atoms with Gasteiger partial charge in [-0.05, 0) is 44.7 Å². The summed E-state index contributed by atoms with van der Waals surface area (Å²) in [5, 5.41) is 0. The van der Waals surface area contributed by atoms with Crippen molar-refractivity contribution in [3.63, 3.8) is 0 Å². The van der Waals surface area contributed by atoms with Crippen LogP contribution in [-0.4, -0.2) is 54.2 Å². The first-order chi connectivity index (χ1) is 11.0. The Labute approximate surface area is 138 Å². The van der Waals surface area contributed by atoms with Crippen molar-refractivity contribution in [3.8, 4) is 0 Å². The number of aromatic nitrogens is 1. The number of hydrogen-bond acceptors (Lipinski definition) is 4. The Kier molecular flexibility index (Phi) is 4.85. The van der Waals surface area contributed by atoms with E-state index in [0.29, 0.717) is 18.7 Å². The number of nitrogens with zero attached hydrogens (tertiary/aromatic N) is 3. The van der Waals surface area contributed by atoms with Gasteiger partial charge in [-0.25, -0.2) is 4.98 Å². The molecule has 2 aliphatic rings. The van der Waals surface area contributed by atoms with Crippen LogP contribution in [0.1, 0.15) is 44.0 Å². The van der Waals surface area contributed by atoms with Crippen LogP contribution < -0.4 is 4.90 Å². The summed E-state index contributed by atoms with van der Waals surface area (Å²) >= 11 is 0. The Morgan fingerprint density at radius 3 is 2.35 bits per heavy atom. The van der Waals surface area contributed by atoms with E-state index in [2.05, 4.69) is 16.8 Å². The summed E-state index contributed by atoms with van der Waals surface area (Å²) in [5.74, 6) is 1.84. The largest absolute Gasteiger partial charge is 0.372 e. The minimum Gasteiger partial charge on any atom is -0.372 e. The average Bonchev–Trinajstić information content (AvgIpc) is 2.54. The molecule has 23 heavy (non-hydrogen) atoms. The number of pyridine rings is 1. The second-order valence-electron chi connectivity index (χ2n) is 7.04. The van der Waals surface area contributed by atoms with Gasteiger partial charge in [-0.2, -0.15) is 0 Å². The molecule has 0 aliphatic carbocycles. The second kappa shape index (κ2) is 6.87. The van der Waals surface area contributed by atoms with E-state index in [-0.39, 0.29) is 18.1 Å². The summed E-state index contributed by atoms with van der Waals surface area (Å²) in [4.78, 5) is 21.4. The zero-order valence-electron chi connectivity index (χ0n) is 14.4. The van der Waals surface area contributed by atoms with Crippen LogP contribution in [0.25, 0.3) is 0 Å². The maximum Gasteiger partial charge on any atom is 0.255 e. The molecule has 5 heteroatoms. The molecular weight excluding hydrogens is 290 g/mol. The number of anilines is 1. The molecule has 3 rings (SSSR count). The summed E-state index contributed by atoms with van der Waals surface area (Å²) in [6, 6.07) is 3.89. The van der Waals surface area contributed by atoms with E-state index >= 15 is 0 Å². The van der Waals surface area contributed by atoms with Crippen molar-refractivity contribution in [2.24, 2.45) is 5.92 Å². The van der Waals surface area contributed by atoms with Gasteiger partial charge in [0.15, 0.2) is 0 Å². The van der Waals surface area contributed by atoms with E-state index in [4.69, 9.17) is 4.74 Å². The molecule has 0 saturated carbocycles. The topological polar surface area (TPSA) is 45.7 Å². The van der Waals surface area contributed by atoms with Gasteiger partial charge in [0.25, 0.3) is 5.91 Å². The predicted molar refractivity (Wildman–Crippen MR) is 90.8 cm³/mol. The van der Waals surface area contributed by atoms with E-state index < -0.39 is 0 Å². The first-order valence-electron chi connectivity index (χ1n) is 8.68. The molecular formula is C18H27N3O2. The number of carbonyl (C=O) groups is 1. The molecule has 0 radical (unpaired) electrons. The number of amides is 1. The number of morpholine rings is 1. The first kappa shape index (κ1) is 16.2. The Morgan fingerprint density at radius 1 is 1.13 bits per heavy atom. The average molecular weight is 317 g/mol. The minimum atomic E-state index is 0.0540. The fourth-order valence-electron chi connectivity index (χ4n) is 3.46. The third-order valence-corrected chi connectivity index (χ3v) is 4.81. The van der Waals surface area contributed by atoms with Gasteiger partial charge in [-0.15, -0.1) is 0 Å². The number of ether oxygens (including phenoxy) is 1. The molecule has 2 fully saturated rings. The molecule has 2 atom stereocenters. The molecule has 126 valence electrons. The fourth-order valence-corrected chi connectivity index (χ4v) is 3.46. The Morgan fingerprint density at radius 2 is 1.78 bits per heavy atom. The zero-order valence-corrected chi connectivity index (χ0v) is 14.4. The SMILES string of the molecule is CC1CCN(c2ccc(C(=O)N3CC(C)OC(C)C3)cn2)CC1. The number of hydrogen-bond donors (Lipinski definition) is 0. The standard InChI is InChI=1S/C18H27N3O2/c1-13-6-8-20(9-7-13)17-5-4-16(10-19-17)18(22)21-11-14(2)23-15(3)12-21/h4-5,10,13-15H,6-9,11-12H2,1-3H3. The van der Waals surface area contributed by atoms with Crippen LogP contribution in [0.15, 0.2) is 18.3 Å². The van der Waals surface area contributed by atoms with Crippen LogP contribution in [-0.2, 0) is 4.74 Å². The molecule has 2 aliphatic heterocycles. The zero-order chi connectivity index (χ0) is 16.4. The predicted octanol–water partition coefficient (Wildman–Crippen LogP) is 2.57. The Bertz CT molecular complexity index is 528. The van der Waals surface area contributed by atoms with Crippen molar-refractivity contribution in [3.05, 3.63) is 23.9 Å². The summed E-state index contributed by atoms with van der Waals surface area (Å²) in [5.41, 5.74) is 0.667. The molecule has 2 unspecified atom stereocenters. The second-order valence-corrected chi connectivity index (χ2v) is 7.04. The van der Waals surface area contributed by atoms with Crippen LogP contribution in [0.5, 0.6) is 0 Å². The molecule has 5 nitrogen and oxygen atoms in total. The molecule has 0 aromatic carbocycles. The number of carbonyl (C=O) groups excluding carboxylic acids is 1. The highest BCUT2D eigenvalue weighted by molar-refractivity contribution is 5.94.